The largest absolute Gasteiger partial charge is 0.480 e. The summed E-state index contributed by atoms with van der Waals surface area (Å²) in [5.74, 6) is -4.26. The van der Waals surface area contributed by atoms with E-state index >= 15 is 0 Å². The van der Waals surface area contributed by atoms with Gasteiger partial charge in [0, 0.05) is 19.0 Å². The fourth-order valence-electron chi connectivity index (χ4n) is 4.55. The van der Waals surface area contributed by atoms with Crippen molar-refractivity contribution in [2.75, 3.05) is 33.3 Å². The summed E-state index contributed by atoms with van der Waals surface area (Å²) in [6.07, 6.45) is 2.59. The van der Waals surface area contributed by atoms with Crippen LogP contribution < -0.4 is 11.5 Å². The van der Waals surface area contributed by atoms with E-state index in [1.807, 2.05) is 12.1 Å². The molecule has 0 bridgehead atoms. The molecular formula is C21H32N6O6. The van der Waals surface area contributed by atoms with E-state index in [0.717, 1.165) is 13.0 Å². The van der Waals surface area contributed by atoms with E-state index in [2.05, 4.69) is 0 Å². The van der Waals surface area contributed by atoms with Crippen LogP contribution in [-0.2, 0) is 23.9 Å². The third-order valence-electron chi connectivity index (χ3n) is 6.27. The maximum absolute atomic E-state index is 12.4. The van der Waals surface area contributed by atoms with Crippen LogP contribution >= 0.6 is 0 Å². The van der Waals surface area contributed by atoms with Gasteiger partial charge in [0.05, 0.1) is 38.3 Å². The van der Waals surface area contributed by atoms with Gasteiger partial charge in [-0.25, -0.2) is 0 Å². The van der Waals surface area contributed by atoms with E-state index in [1.54, 1.807) is 16.7 Å². The number of esters is 1. The molecule has 2 fully saturated rings. The zero-order chi connectivity index (χ0) is 25.2. The van der Waals surface area contributed by atoms with E-state index in [4.69, 9.17) is 31.8 Å². The molecule has 2 saturated heterocycles. The number of carbonyl (C=O) groups is 4. The molecule has 2 aliphatic rings. The Labute approximate surface area is 193 Å². The van der Waals surface area contributed by atoms with Gasteiger partial charge in [0.25, 0.3) is 0 Å². The van der Waals surface area contributed by atoms with Gasteiger partial charge in [0.15, 0.2) is 0 Å². The van der Waals surface area contributed by atoms with Crippen molar-refractivity contribution in [3.05, 3.63) is 0 Å². The Kier molecular flexibility index (Phi) is 10.7. The molecule has 5 N–H and O–H groups in total. The molecule has 4 atom stereocenters. The van der Waals surface area contributed by atoms with Gasteiger partial charge in [-0.1, -0.05) is 6.92 Å². The summed E-state index contributed by atoms with van der Waals surface area (Å²) in [6.45, 7) is 3.01. The second-order valence-electron chi connectivity index (χ2n) is 8.22. The molecule has 0 aromatic rings. The minimum Gasteiger partial charge on any atom is -0.480 e. The summed E-state index contributed by atoms with van der Waals surface area (Å²) in [5, 5.41) is 26.0. The molecule has 2 aliphatic heterocycles. The predicted molar refractivity (Wildman–Crippen MR) is 115 cm³/mol. The number of nitriles is 2. The Balaban J connectivity index is 0.000000412. The van der Waals surface area contributed by atoms with Crippen LogP contribution in [0.2, 0.25) is 0 Å². The van der Waals surface area contributed by atoms with Gasteiger partial charge in [-0.3, -0.25) is 29.0 Å². The molecule has 0 aliphatic carbocycles. The highest BCUT2D eigenvalue weighted by atomic mass is 16.5. The van der Waals surface area contributed by atoms with Gasteiger partial charge >= 0.3 is 11.9 Å². The summed E-state index contributed by atoms with van der Waals surface area (Å²) >= 11 is 0. The molecule has 2 amide bonds. The first kappa shape index (κ1) is 27.8. The summed E-state index contributed by atoms with van der Waals surface area (Å²) in [4.78, 5) is 49.6. The Morgan fingerprint density at radius 3 is 2.24 bits per heavy atom. The number of carboxylic acids is 1. The molecule has 2 heterocycles. The second-order valence-corrected chi connectivity index (χ2v) is 8.22. The fraction of sp³-hybridized carbons (Fsp3) is 0.714. The number of amides is 2. The lowest BCUT2D eigenvalue weighted by Crippen LogP contribution is -2.60. The highest BCUT2D eigenvalue weighted by Gasteiger charge is 2.56. The van der Waals surface area contributed by atoms with Crippen molar-refractivity contribution < 1.29 is 29.0 Å². The first-order chi connectivity index (χ1) is 15.6. The lowest BCUT2D eigenvalue weighted by Gasteiger charge is -2.40. The van der Waals surface area contributed by atoms with Crippen LogP contribution in [0, 0.1) is 34.5 Å². The average molecular weight is 465 g/mol. The van der Waals surface area contributed by atoms with Crippen LogP contribution in [-0.4, -0.2) is 83.5 Å². The van der Waals surface area contributed by atoms with E-state index < -0.39 is 47.2 Å². The molecule has 0 radical (unpaired) electrons. The Bertz CT molecular complexity index is 821. The Hall–Kier alpha value is -3.22. The number of methoxy groups -OCH3 is 1. The number of ether oxygens (including phenoxy) is 1. The first-order valence-electron chi connectivity index (χ1n) is 10.7. The van der Waals surface area contributed by atoms with Gasteiger partial charge < -0.3 is 21.3 Å². The normalized spacial score (nSPS) is 24.4. The summed E-state index contributed by atoms with van der Waals surface area (Å²) < 4.78 is 4.87. The summed E-state index contributed by atoms with van der Waals surface area (Å²) in [5.41, 5.74) is 9.44. The SMILES string of the molecule is COC(=O)C1(C(CC(C)C(N)=O)C(N)=O)CCCN1CC#N.N#CCN1CCCC1C(=O)O. The standard InChI is InChI=1S/C14H22N4O4.C7H10N2O2/c1-9(11(16)19)8-10(12(17)20)14(13(21)22-2)4-3-6-18(14)7-5-15;8-3-5-9-4-1-2-6(9)7(10)11/h9-10H,3-4,6-8H2,1-2H3,(H2,16,19)(H2,17,20);6H,1-2,4-5H2,(H,10,11). The third kappa shape index (κ3) is 6.63. The van der Waals surface area contributed by atoms with Crippen LogP contribution in [0.4, 0.5) is 0 Å². The number of likely N-dealkylation sites (tertiary alicyclic amines) is 2. The van der Waals surface area contributed by atoms with Gasteiger partial charge in [0.2, 0.25) is 11.8 Å². The average Bonchev–Trinajstić information content (AvgIpc) is 3.40. The maximum Gasteiger partial charge on any atom is 0.327 e. The number of hydrogen-bond donors (Lipinski definition) is 3. The van der Waals surface area contributed by atoms with Crippen molar-refractivity contribution in [3.8, 4) is 12.1 Å². The quantitative estimate of drug-likeness (QED) is 0.286. The second kappa shape index (κ2) is 12.7. The number of nitrogens with zero attached hydrogens (tertiary/aromatic N) is 4. The molecule has 0 aromatic heterocycles. The number of aliphatic carboxylic acids is 1. The lowest BCUT2D eigenvalue weighted by molar-refractivity contribution is -0.161. The minimum atomic E-state index is -1.31. The fourth-order valence-corrected chi connectivity index (χ4v) is 4.55. The molecule has 2 rings (SSSR count). The van der Waals surface area contributed by atoms with E-state index in [-0.39, 0.29) is 19.5 Å². The van der Waals surface area contributed by atoms with Crippen molar-refractivity contribution >= 4 is 23.8 Å². The molecule has 33 heavy (non-hydrogen) atoms. The van der Waals surface area contributed by atoms with Crippen LogP contribution in [0.1, 0.15) is 39.0 Å². The number of primary amides is 2. The van der Waals surface area contributed by atoms with Crippen LogP contribution in [0.25, 0.3) is 0 Å². The van der Waals surface area contributed by atoms with Crippen molar-refractivity contribution in [2.45, 2.75) is 50.6 Å². The van der Waals surface area contributed by atoms with Gasteiger partial charge in [-0.2, -0.15) is 10.5 Å². The lowest BCUT2D eigenvalue weighted by atomic mass is 9.76. The maximum atomic E-state index is 12.4. The minimum absolute atomic E-state index is 0.0240. The van der Waals surface area contributed by atoms with Crippen molar-refractivity contribution in [1.82, 2.24) is 9.80 Å². The first-order valence-corrected chi connectivity index (χ1v) is 10.7. The molecule has 0 saturated carbocycles. The smallest absolute Gasteiger partial charge is 0.327 e. The third-order valence-corrected chi connectivity index (χ3v) is 6.27. The van der Waals surface area contributed by atoms with Gasteiger partial charge in [-0.05, 0) is 32.1 Å². The Morgan fingerprint density at radius 1 is 1.12 bits per heavy atom. The summed E-state index contributed by atoms with van der Waals surface area (Å²) in [7, 11) is 1.22. The molecule has 0 spiro atoms. The molecule has 182 valence electrons. The highest BCUT2D eigenvalue weighted by molar-refractivity contribution is 5.91. The van der Waals surface area contributed by atoms with E-state index in [1.165, 1.54) is 7.11 Å². The zero-order valence-corrected chi connectivity index (χ0v) is 19.0. The van der Waals surface area contributed by atoms with Gasteiger partial charge in [-0.15, -0.1) is 0 Å². The van der Waals surface area contributed by atoms with Gasteiger partial charge in [0.1, 0.15) is 11.6 Å². The molecule has 4 unspecified atom stereocenters. The molecule has 12 nitrogen and oxygen atoms in total. The van der Waals surface area contributed by atoms with E-state index in [0.29, 0.717) is 25.8 Å². The molecule has 0 aromatic carbocycles. The number of carboxylic acid groups (broad SMARTS) is 1. The van der Waals surface area contributed by atoms with Crippen molar-refractivity contribution in [3.63, 3.8) is 0 Å². The zero-order valence-electron chi connectivity index (χ0n) is 19.0. The molecular weight excluding hydrogens is 432 g/mol. The van der Waals surface area contributed by atoms with Crippen LogP contribution in [0.5, 0.6) is 0 Å². The number of rotatable bonds is 9. The predicted octanol–water partition coefficient (Wildman–Crippen LogP) is -0.810. The Morgan fingerprint density at radius 2 is 1.76 bits per heavy atom. The van der Waals surface area contributed by atoms with E-state index in [9.17, 15) is 19.2 Å². The summed E-state index contributed by atoms with van der Waals surface area (Å²) in [6, 6.07) is 3.52. The van der Waals surface area contributed by atoms with Crippen molar-refractivity contribution in [1.29, 1.82) is 10.5 Å². The van der Waals surface area contributed by atoms with Crippen LogP contribution in [0.3, 0.4) is 0 Å². The number of nitrogens with two attached hydrogens (primary N) is 2. The van der Waals surface area contributed by atoms with Crippen molar-refractivity contribution in [2.24, 2.45) is 23.3 Å². The topological polar surface area (TPSA) is 204 Å². The molecule has 12 heteroatoms. The van der Waals surface area contributed by atoms with Crippen LogP contribution in [0.15, 0.2) is 0 Å². The number of hydrogen-bond acceptors (Lipinski definition) is 9. The number of carbonyl (C=O) groups excluding carboxylic acids is 3. The monoisotopic (exact) mass is 464 g/mol. The highest BCUT2D eigenvalue weighted by Crippen LogP contribution is 2.40.